The second-order valence-corrected chi connectivity index (χ2v) is 4.40. The first-order valence-electron chi connectivity index (χ1n) is 4.81. The summed E-state index contributed by atoms with van der Waals surface area (Å²) in [6.07, 6.45) is 1.95. The topological polar surface area (TPSA) is 39.2 Å². The molecule has 0 aromatic carbocycles. The molecule has 3 nitrogen and oxygen atoms in total. The van der Waals surface area contributed by atoms with Crippen LogP contribution in [0.1, 0.15) is 28.2 Å². The summed E-state index contributed by atoms with van der Waals surface area (Å²) in [5.74, 6) is 0.271. The van der Waals surface area contributed by atoms with Gasteiger partial charge in [0.1, 0.15) is 0 Å². The Labute approximate surface area is 87.1 Å². The smallest absolute Gasteiger partial charge is 0.180 e. The molecule has 14 heavy (non-hydrogen) atoms. The molecule has 1 aromatic rings. The molecule has 0 radical (unpaired) electrons. The van der Waals surface area contributed by atoms with Gasteiger partial charge in [0, 0.05) is 12.5 Å². The second-order valence-electron chi connectivity index (χ2n) is 3.55. The molecule has 0 saturated carbocycles. The highest BCUT2D eigenvalue weighted by Gasteiger charge is 2.25. The molecule has 0 bridgehead atoms. The fourth-order valence-corrected chi connectivity index (χ4v) is 2.49. The van der Waals surface area contributed by atoms with E-state index in [1.54, 1.807) is 5.51 Å². The molecule has 1 atom stereocenters. The first-order chi connectivity index (χ1) is 6.79. The first-order valence-corrected chi connectivity index (χ1v) is 5.69. The van der Waals surface area contributed by atoms with Crippen LogP contribution in [0, 0.1) is 12.8 Å². The lowest BCUT2D eigenvalue weighted by atomic mass is 9.96. The molecule has 0 N–H and O–H groups in total. The van der Waals surface area contributed by atoms with Crippen molar-refractivity contribution in [3.05, 3.63) is 16.1 Å². The predicted molar refractivity (Wildman–Crippen MR) is 54.7 cm³/mol. The van der Waals surface area contributed by atoms with Gasteiger partial charge in [-0.15, -0.1) is 11.3 Å². The van der Waals surface area contributed by atoms with Crippen LogP contribution in [0.2, 0.25) is 0 Å². The van der Waals surface area contributed by atoms with Crippen LogP contribution >= 0.6 is 11.3 Å². The predicted octanol–water partition coefficient (Wildman–Crippen LogP) is 2.06. The van der Waals surface area contributed by atoms with Crippen molar-refractivity contribution in [1.82, 2.24) is 4.98 Å². The lowest BCUT2D eigenvalue weighted by molar-refractivity contribution is 0.0463. The van der Waals surface area contributed by atoms with Crippen LogP contribution in [0.15, 0.2) is 5.51 Å². The Kier molecular flexibility index (Phi) is 2.93. The molecular formula is C10H13NO2S. The summed E-state index contributed by atoms with van der Waals surface area (Å²) in [5, 5.41) is 0. The zero-order valence-corrected chi connectivity index (χ0v) is 8.97. The molecule has 1 aliphatic rings. The molecule has 1 aromatic heterocycles. The van der Waals surface area contributed by atoms with Gasteiger partial charge in [0.05, 0.1) is 22.7 Å². The molecule has 76 valence electrons. The quantitative estimate of drug-likeness (QED) is 0.703. The zero-order chi connectivity index (χ0) is 9.97. The average Bonchev–Trinajstić information content (AvgIpc) is 2.65. The van der Waals surface area contributed by atoms with Crippen molar-refractivity contribution in [1.29, 1.82) is 0 Å². The molecule has 1 aliphatic heterocycles. The lowest BCUT2D eigenvalue weighted by Gasteiger charge is -2.20. The van der Waals surface area contributed by atoms with Crippen molar-refractivity contribution in [2.75, 3.05) is 13.2 Å². The molecule has 4 heteroatoms. The third kappa shape index (κ3) is 1.86. The van der Waals surface area contributed by atoms with Gasteiger partial charge >= 0.3 is 0 Å². The van der Waals surface area contributed by atoms with E-state index >= 15 is 0 Å². The molecule has 0 amide bonds. The van der Waals surface area contributed by atoms with Gasteiger partial charge in [-0.1, -0.05) is 0 Å². The van der Waals surface area contributed by atoms with Crippen molar-refractivity contribution in [3.8, 4) is 0 Å². The Morgan fingerprint density at radius 3 is 3.14 bits per heavy atom. The number of hydrogen-bond acceptors (Lipinski definition) is 4. The van der Waals surface area contributed by atoms with Crippen molar-refractivity contribution >= 4 is 17.1 Å². The van der Waals surface area contributed by atoms with E-state index in [1.165, 1.54) is 11.3 Å². The van der Waals surface area contributed by atoms with Crippen molar-refractivity contribution in [3.63, 3.8) is 0 Å². The number of aryl methyl sites for hydroxylation is 1. The number of carbonyl (C=O) groups is 1. The van der Waals surface area contributed by atoms with Gasteiger partial charge in [-0.05, 0) is 19.8 Å². The summed E-state index contributed by atoms with van der Waals surface area (Å²) in [5.41, 5.74) is 2.58. The number of ether oxygens (including phenoxy) is 1. The maximum absolute atomic E-state index is 12.0. The van der Waals surface area contributed by atoms with E-state index in [4.69, 9.17) is 4.74 Å². The summed E-state index contributed by atoms with van der Waals surface area (Å²) in [4.78, 5) is 16.9. The van der Waals surface area contributed by atoms with E-state index in [0.29, 0.717) is 6.61 Å². The molecule has 2 rings (SSSR count). The highest BCUT2D eigenvalue weighted by atomic mass is 32.1. The molecule has 0 aliphatic carbocycles. The number of ketones is 1. The van der Waals surface area contributed by atoms with Gasteiger partial charge in [-0.25, -0.2) is 4.98 Å². The fourth-order valence-electron chi connectivity index (χ4n) is 1.67. The summed E-state index contributed by atoms with van der Waals surface area (Å²) >= 11 is 1.44. The molecule has 0 spiro atoms. The van der Waals surface area contributed by atoms with Crippen LogP contribution in [0.3, 0.4) is 0 Å². The summed E-state index contributed by atoms with van der Waals surface area (Å²) < 4.78 is 5.30. The van der Waals surface area contributed by atoms with E-state index in [1.807, 2.05) is 6.92 Å². The normalized spacial score (nSPS) is 22.2. The van der Waals surface area contributed by atoms with E-state index in [0.717, 1.165) is 30.0 Å². The highest BCUT2D eigenvalue weighted by molar-refractivity contribution is 7.11. The minimum Gasteiger partial charge on any atom is -0.381 e. The van der Waals surface area contributed by atoms with Gasteiger partial charge in [-0.3, -0.25) is 4.79 Å². The van der Waals surface area contributed by atoms with Crippen molar-refractivity contribution < 1.29 is 9.53 Å². The van der Waals surface area contributed by atoms with Gasteiger partial charge in [0.25, 0.3) is 0 Å². The van der Waals surface area contributed by atoms with Crippen LogP contribution in [-0.4, -0.2) is 24.0 Å². The maximum atomic E-state index is 12.0. The number of carbonyl (C=O) groups excluding carboxylic acids is 1. The first kappa shape index (κ1) is 9.80. The second kappa shape index (κ2) is 4.19. The van der Waals surface area contributed by atoms with E-state index in [2.05, 4.69) is 4.98 Å². The molecule has 2 heterocycles. The van der Waals surface area contributed by atoms with E-state index in [9.17, 15) is 4.79 Å². The number of nitrogens with zero attached hydrogens (tertiary/aromatic N) is 1. The largest absolute Gasteiger partial charge is 0.381 e. The third-order valence-corrected chi connectivity index (χ3v) is 3.44. The van der Waals surface area contributed by atoms with Crippen LogP contribution < -0.4 is 0 Å². The number of rotatable bonds is 2. The monoisotopic (exact) mass is 211 g/mol. The Morgan fingerprint density at radius 1 is 1.71 bits per heavy atom. The maximum Gasteiger partial charge on any atom is 0.180 e. The Bertz CT molecular complexity index is 329. The van der Waals surface area contributed by atoms with Crippen molar-refractivity contribution in [2.24, 2.45) is 5.92 Å². The lowest BCUT2D eigenvalue weighted by Crippen LogP contribution is -2.25. The molecule has 1 fully saturated rings. The molecular weight excluding hydrogens is 198 g/mol. The van der Waals surface area contributed by atoms with Crippen LogP contribution in [-0.2, 0) is 4.74 Å². The van der Waals surface area contributed by atoms with Gasteiger partial charge in [0.2, 0.25) is 0 Å². The van der Waals surface area contributed by atoms with Crippen molar-refractivity contribution in [2.45, 2.75) is 19.8 Å². The molecule has 1 unspecified atom stereocenters. The highest BCUT2D eigenvalue weighted by Crippen LogP contribution is 2.22. The Balaban J connectivity index is 2.11. The minimum absolute atomic E-state index is 0.0582. The SMILES string of the molecule is Cc1ncsc1C(=O)C1CCCOC1. The van der Waals surface area contributed by atoms with Crippen LogP contribution in [0.5, 0.6) is 0 Å². The summed E-state index contributed by atoms with van der Waals surface area (Å²) in [7, 11) is 0. The molecule has 1 saturated heterocycles. The third-order valence-electron chi connectivity index (χ3n) is 2.50. The summed E-state index contributed by atoms with van der Waals surface area (Å²) in [6.45, 7) is 3.26. The fraction of sp³-hybridized carbons (Fsp3) is 0.600. The average molecular weight is 211 g/mol. The van der Waals surface area contributed by atoms with E-state index < -0.39 is 0 Å². The number of aromatic nitrogens is 1. The Morgan fingerprint density at radius 2 is 2.57 bits per heavy atom. The number of Topliss-reactive ketones (excluding diaryl/α,β-unsaturated/α-hetero) is 1. The number of hydrogen-bond donors (Lipinski definition) is 0. The van der Waals surface area contributed by atoms with Crippen LogP contribution in [0.4, 0.5) is 0 Å². The standard InChI is InChI=1S/C10H13NO2S/c1-7-10(14-6-11-7)9(12)8-3-2-4-13-5-8/h6,8H,2-5H2,1H3. The minimum atomic E-state index is 0.0582. The van der Waals surface area contributed by atoms with Gasteiger partial charge in [0.15, 0.2) is 5.78 Å². The van der Waals surface area contributed by atoms with E-state index in [-0.39, 0.29) is 11.7 Å². The number of thiazole rings is 1. The van der Waals surface area contributed by atoms with Gasteiger partial charge in [-0.2, -0.15) is 0 Å². The zero-order valence-electron chi connectivity index (χ0n) is 8.16. The summed E-state index contributed by atoms with van der Waals surface area (Å²) in [6, 6.07) is 0. The van der Waals surface area contributed by atoms with Crippen LogP contribution in [0.25, 0.3) is 0 Å². The van der Waals surface area contributed by atoms with Gasteiger partial charge < -0.3 is 4.74 Å². The Hall–Kier alpha value is -0.740.